The first-order chi connectivity index (χ1) is 6.84. The molecule has 1 N–H and O–H groups in total. The molecule has 0 atom stereocenters. The Bertz CT molecular complexity index is 394. The van der Waals surface area contributed by atoms with Gasteiger partial charge in [-0.05, 0) is 0 Å². The maximum atomic E-state index is 9.13. The number of rotatable bonds is 2. The van der Waals surface area contributed by atoms with Crippen LogP contribution in [0.5, 0.6) is 5.75 Å². The summed E-state index contributed by atoms with van der Waals surface area (Å²) in [7, 11) is 0. The Kier molecular flexibility index (Phi) is 2.87. The molecule has 2 aromatic rings. The van der Waals surface area contributed by atoms with Crippen LogP contribution < -0.4 is 8.92 Å². The Balaban J connectivity index is 2.16. The van der Waals surface area contributed by atoms with Crippen molar-refractivity contribution >= 4 is 23.9 Å². The van der Waals surface area contributed by atoms with Crippen molar-refractivity contribution in [2.75, 3.05) is 0 Å². The molecule has 0 aliphatic heterocycles. The van der Waals surface area contributed by atoms with Crippen molar-refractivity contribution in [2.45, 2.75) is 0 Å². The normalized spacial score (nSPS) is 10.0. The molecule has 1 nitrogen and oxygen atoms in total. The van der Waals surface area contributed by atoms with E-state index in [9.17, 15) is 0 Å². The van der Waals surface area contributed by atoms with Crippen LogP contribution in [0.25, 0.3) is 0 Å². The topological polar surface area (TPSA) is 20.2 Å². The average molecular weight is 249 g/mol. The molecule has 0 unspecified atom stereocenters. The van der Waals surface area contributed by atoms with E-state index in [0.29, 0.717) is 20.7 Å². The predicted octanol–water partition coefficient (Wildman–Crippen LogP) is 1.05. The summed E-state index contributed by atoms with van der Waals surface area (Å²) in [6.45, 7) is 0. The van der Waals surface area contributed by atoms with Crippen molar-refractivity contribution in [3.8, 4) is 5.75 Å². The quantitative estimate of drug-likeness (QED) is 0.789. The van der Waals surface area contributed by atoms with Crippen molar-refractivity contribution in [3.05, 3.63) is 54.6 Å². The first-order valence-electron chi connectivity index (χ1n) is 4.36. The van der Waals surface area contributed by atoms with Gasteiger partial charge in [0.25, 0.3) is 0 Å². The second-order valence-electron chi connectivity index (χ2n) is 2.91. The Hall–Kier alpha value is -1.24. The fourth-order valence-corrected chi connectivity index (χ4v) is 2.90. The van der Waals surface area contributed by atoms with Crippen LogP contribution in [0.4, 0.5) is 0 Å². The van der Waals surface area contributed by atoms with Crippen molar-refractivity contribution in [1.82, 2.24) is 0 Å². The third-order valence-corrected chi connectivity index (χ3v) is 3.95. The number of hydrogen-bond acceptors (Lipinski definition) is 1. The fourth-order valence-electron chi connectivity index (χ4n) is 1.14. The van der Waals surface area contributed by atoms with Gasteiger partial charge in [0.05, 0.1) is 0 Å². The van der Waals surface area contributed by atoms with Crippen LogP contribution in [0.1, 0.15) is 0 Å². The van der Waals surface area contributed by atoms with Gasteiger partial charge in [-0.1, -0.05) is 0 Å². The molecule has 0 spiro atoms. The molecule has 2 rings (SSSR count). The molecule has 2 aromatic carbocycles. The second kappa shape index (κ2) is 4.32. The molecule has 0 heterocycles. The summed E-state index contributed by atoms with van der Waals surface area (Å²) < 4.78 is 2.63. The minimum atomic E-state index is 0.331. The summed E-state index contributed by atoms with van der Waals surface area (Å²) in [4.78, 5) is 0. The van der Waals surface area contributed by atoms with Gasteiger partial charge in [0, 0.05) is 0 Å². The van der Waals surface area contributed by atoms with Crippen LogP contribution in [0.2, 0.25) is 0 Å². The first-order valence-corrected chi connectivity index (χ1v) is 6.08. The van der Waals surface area contributed by atoms with Gasteiger partial charge < -0.3 is 0 Å². The molecule has 0 aromatic heterocycles. The van der Waals surface area contributed by atoms with Gasteiger partial charge in [0.15, 0.2) is 0 Å². The molecule has 0 saturated carbocycles. The minimum absolute atomic E-state index is 0.331. The third kappa shape index (κ3) is 2.38. The van der Waals surface area contributed by atoms with Crippen LogP contribution in [-0.2, 0) is 0 Å². The van der Waals surface area contributed by atoms with Crippen molar-refractivity contribution in [3.63, 3.8) is 0 Å². The van der Waals surface area contributed by atoms with E-state index in [4.69, 9.17) is 5.11 Å². The fraction of sp³-hybridized carbons (Fsp3) is 0. The molecule has 14 heavy (non-hydrogen) atoms. The van der Waals surface area contributed by atoms with E-state index in [2.05, 4.69) is 24.3 Å². The van der Waals surface area contributed by atoms with E-state index in [1.54, 1.807) is 12.1 Å². The van der Waals surface area contributed by atoms with Crippen LogP contribution in [0, 0.1) is 0 Å². The molecule has 0 bridgehead atoms. The zero-order valence-electron chi connectivity index (χ0n) is 7.55. The van der Waals surface area contributed by atoms with Gasteiger partial charge in [-0.15, -0.1) is 0 Å². The van der Waals surface area contributed by atoms with Crippen molar-refractivity contribution in [1.29, 1.82) is 0 Å². The van der Waals surface area contributed by atoms with Gasteiger partial charge in [0.2, 0.25) is 0 Å². The maximum absolute atomic E-state index is 9.13. The zero-order chi connectivity index (χ0) is 9.80. The third-order valence-electron chi connectivity index (χ3n) is 1.82. The SMILES string of the molecule is Oc1ccc([Se]c2ccccc2)cc1. The molecule has 0 aliphatic carbocycles. The van der Waals surface area contributed by atoms with Gasteiger partial charge in [-0.3, -0.25) is 0 Å². The Morgan fingerprint density at radius 2 is 1.29 bits per heavy atom. The number of benzene rings is 2. The zero-order valence-corrected chi connectivity index (χ0v) is 9.26. The molecule has 0 aliphatic rings. The molecule has 0 fully saturated rings. The van der Waals surface area contributed by atoms with Gasteiger partial charge in [-0.2, -0.15) is 0 Å². The standard InChI is InChI=1S/C12H10OSe/c13-10-6-8-12(9-7-10)14-11-4-2-1-3-5-11/h1-9,13H. The average Bonchev–Trinajstić information content (AvgIpc) is 2.23. The number of phenols is 1. The van der Waals surface area contributed by atoms with E-state index in [0.717, 1.165) is 0 Å². The molecule has 0 saturated heterocycles. The Labute approximate surface area is 89.6 Å². The predicted molar refractivity (Wildman–Crippen MR) is 59.6 cm³/mol. The van der Waals surface area contributed by atoms with E-state index in [1.165, 1.54) is 8.92 Å². The van der Waals surface area contributed by atoms with Crippen LogP contribution in [0.15, 0.2) is 54.6 Å². The first kappa shape index (κ1) is 9.32. The monoisotopic (exact) mass is 250 g/mol. The molecule has 0 amide bonds. The van der Waals surface area contributed by atoms with Crippen molar-refractivity contribution < 1.29 is 5.11 Å². The van der Waals surface area contributed by atoms with Gasteiger partial charge in [-0.25, -0.2) is 0 Å². The molecular formula is C12H10OSe. The molecule has 2 heteroatoms. The summed E-state index contributed by atoms with van der Waals surface area (Å²) in [6, 6.07) is 17.8. The Morgan fingerprint density at radius 1 is 0.714 bits per heavy atom. The van der Waals surface area contributed by atoms with Crippen LogP contribution in [-0.4, -0.2) is 20.1 Å². The van der Waals surface area contributed by atoms with Gasteiger partial charge in [0.1, 0.15) is 0 Å². The molecular weight excluding hydrogens is 239 g/mol. The van der Waals surface area contributed by atoms with E-state index >= 15 is 0 Å². The summed E-state index contributed by atoms with van der Waals surface area (Å²) in [5.41, 5.74) is 0. The van der Waals surface area contributed by atoms with Crippen LogP contribution in [0.3, 0.4) is 0 Å². The molecule has 0 radical (unpaired) electrons. The van der Waals surface area contributed by atoms with Gasteiger partial charge >= 0.3 is 89.3 Å². The second-order valence-corrected chi connectivity index (χ2v) is 5.32. The van der Waals surface area contributed by atoms with E-state index in [1.807, 2.05) is 18.2 Å². The summed E-state index contributed by atoms with van der Waals surface area (Å²) in [5, 5.41) is 9.13. The number of phenolic OH excluding ortho intramolecular Hbond substituents is 1. The number of aromatic hydroxyl groups is 1. The Morgan fingerprint density at radius 3 is 1.93 bits per heavy atom. The van der Waals surface area contributed by atoms with Crippen molar-refractivity contribution in [2.24, 2.45) is 0 Å². The summed E-state index contributed by atoms with van der Waals surface area (Å²) in [5.74, 6) is 0.331. The van der Waals surface area contributed by atoms with Crippen LogP contribution >= 0.6 is 0 Å². The van der Waals surface area contributed by atoms with E-state index in [-0.39, 0.29) is 0 Å². The number of hydrogen-bond donors (Lipinski definition) is 1. The summed E-state index contributed by atoms with van der Waals surface area (Å²) in [6.07, 6.45) is 0. The molecule has 70 valence electrons. The van der Waals surface area contributed by atoms with E-state index < -0.39 is 0 Å². The summed E-state index contributed by atoms with van der Waals surface area (Å²) >= 11 is 0.342.